The van der Waals surface area contributed by atoms with Gasteiger partial charge in [0.15, 0.2) is 18.2 Å². The summed E-state index contributed by atoms with van der Waals surface area (Å²) >= 11 is 0. The van der Waals surface area contributed by atoms with E-state index in [1.165, 1.54) is 23.3 Å². The fraction of sp³-hybridized carbons (Fsp3) is 0.278. The van der Waals surface area contributed by atoms with E-state index >= 15 is 0 Å². The van der Waals surface area contributed by atoms with Crippen molar-refractivity contribution in [3.05, 3.63) is 65.5 Å². The zero-order chi connectivity index (χ0) is 16.1. The molecule has 0 saturated heterocycles. The zero-order valence-electron chi connectivity index (χ0n) is 12.6. The van der Waals surface area contributed by atoms with Gasteiger partial charge in [0.25, 0.3) is 5.91 Å². The van der Waals surface area contributed by atoms with Gasteiger partial charge in [0.1, 0.15) is 0 Å². The first kappa shape index (κ1) is 15.5. The maximum Gasteiger partial charge on any atom is 0.258 e. The maximum absolute atomic E-state index is 13.4. The Balaban J connectivity index is 1.44. The molecule has 0 spiro atoms. The van der Waals surface area contributed by atoms with Crippen LogP contribution in [0.15, 0.2) is 48.5 Å². The molecule has 0 aromatic heterocycles. The Labute approximate surface area is 134 Å². The summed E-state index contributed by atoms with van der Waals surface area (Å²) in [5.41, 5.74) is 2.44. The number of rotatable bonds is 5. The predicted octanol–water partition coefficient (Wildman–Crippen LogP) is 2.46. The number of ether oxygens (including phenoxy) is 2. The van der Waals surface area contributed by atoms with Gasteiger partial charge in [-0.05, 0) is 23.3 Å². The van der Waals surface area contributed by atoms with Gasteiger partial charge in [-0.2, -0.15) is 0 Å². The smallest absolute Gasteiger partial charge is 0.258 e. The van der Waals surface area contributed by atoms with Crippen LogP contribution < -0.4 is 10.1 Å². The third kappa shape index (κ3) is 4.07. The SMILES string of the molecule is O=C(COc1ccccc1F)NCC1Cc2ccccc2CO1. The zero-order valence-corrected chi connectivity index (χ0v) is 12.6. The maximum atomic E-state index is 13.4. The summed E-state index contributed by atoms with van der Waals surface area (Å²) in [6, 6.07) is 14.1. The van der Waals surface area contributed by atoms with Crippen molar-refractivity contribution in [1.29, 1.82) is 0 Å². The Kier molecular flexibility index (Phi) is 4.88. The van der Waals surface area contributed by atoms with Crippen molar-refractivity contribution < 1.29 is 18.7 Å². The van der Waals surface area contributed by atoms with E-state index in [0.717, 1.165) is 6.42 Å². The molecule has 1 atom stereocenters. The molecular formula is C18H18FNO3. The second-order valence-corrected chi connectivity index (χ2v) is 5.43. The Morgan fingerprint density at radius 3 is 2.74 bits per heavy atom. The van der Waals surface area contributed by atoms with Gasteiger partial charge in [0, 0.05) is 13.0 Å². The summed E-state index contributed by atoms with van der Waals surface area (Å²) in [4.78, 5) is 11.8. The quantitative estimate of drug-likeness (QED) is 0.922. The standard InChI is InChI=1S/C18H18FNO3/c19-16-7-3-4-8-17(16)23-12-18(21)20-10-15-9-13-5-1-2-6-14(13)11-22-15/h1-8,15H,9-12H2,(H,20,21). The van der Waals surface area contributed by atoms with Crippen LogP contribution in [0.4, 0.5) is 4.39 Å². The third-order valence-electron chi connectivity index (χ3n) is 3.76. The summed E-state index contributed by atoms with van der Waals surface area (Å²) in [5.74, 6) is -0.700. The molecule has 5 heteroatoms. The van der Waals surface area contributed by atoms with Crippen LogP contribution in [0.2, 0.25) is 0 Å². The molecule has 1 unspecified atom stereocenters. The number of nitrogens with one attached hydrogen (secondary N) is 1. The number of hydrogen-bond acceptors (Lipinski definition) is 3. The highest BCUT2D eigenvalue weighted by atomic mass is 19.1. The largest absolute Gasteiger partial charge is 0.481 e. The molecule has 1 N–H and O–H groups in total. The van der Waals surface area contributed by atoms with E-state index in [1.807, 2.05) is 18.2 Å². The predicted molar refractivity (Wildman–Crippen MR) is 83.6 cm³/mol. The van der Waals surface area contributed by atoms with Crippen molar-refractivity contribution in [3.63, 3.8) is 0 Å². The molecule has 0 fully saturated rings. The molecule has 1 aliphatic rings. The summed E-state index contributed by atoms with van der Waals surface area (Å²) in [6.45, 7) is 0.750. The van der Waals surface area contributed by atoms with E-state index in [-0.39, 0.29) is 24.4 Å². The molecule has 0 radical (unpaired) electrons. The molecule has 23 heavy (non-hydrogen) atoms. The van der Waals surface area contributed by atoms with Crippen LogP contribution in [0.5, 0.6) is 5.75 Å². The van der Waals surface area contributed by atoms with E-state index < -0.39 is 5.82 Å². The van der Waals surface area contributed by atoms with Gasteiger partial charge < -0.3 is 14.8 Å². The summed E-state index contributed by atoms with van der Waals surface area (Å²) in [7, 11) is 0. The monoisotopic (exact) mass is 315 g/mol. The third-order valence-corrected chi connectivity index (χ3v) is 3.76. The molecule has 0 bridgehead atoms. The molecule has 0 saturated carbocycles. The molecule has 4 nitrogen and oxygen atoms in total. The molecule has 1 aliphatic heterocycles. The molecule has 120 valence electrons. The average molecular weight is 315 g/mol. The van der Waals surface area contributed by atoms with E-state index in [1.54, 1.807) is 12.1 Å². The first-order valence-electron chi connectivity index (χ1n) is 7.55. The van der Waals surface area contributed by atoms with Gasteiger partial charge in [-0.1, -0.05) is 36.4 Å². The van der Waals surface area contributed by atoms with Gasteiger partial charge in [-0.15, -0.1) is 0 Å². The lowest BCUT2D eigenvalue weighted by Gasteiger charge is -2.25. The van der Waals surface area contributed by atoms with Crippen molar-refractivity contribution in [2.45, 2.75) is 19.1 Å². The van der Waals surface area contributed by atoms with Crippen molar-refractivity contribution in [1.82, 2.24) is 5.32 Å². The minimum Gasteiger partial charge on any atom is -0.481 e. The molecule has 2 aromatic rings. The number of carbonyl (C=O) groups excluding carboxylic acids is 1. The Hall–Kier alpha value is -2.40. The van der Waals surface area contributed by atoms with Crippen molar-refractivity contribution in [2.75, 3.05) is 13.2 Å². The van der Waals surface area contributed by atoms with E-state index in [4.69, 9.17) is 9.47 Å². The number of halogens is 1. The highest BCUT2D eigenvalue weighted by Crippen LogP contribution is 2.20. The molecule has 1 amide bonds. The number of fused-ring (bicyclic) bond motifs is 1. The highest BCUT2D eigenvalue weighted by molar-refractivity contribution is 5.77. The number of para-hydroxylation sites is 1. The van der Waals surface area contributed by atoms with Crippen LogP contribution in [0.1, 0.15) is 11.1 Å². The minimum atomic E-state index is -0.479. The highest BCUT2D eigenvalue weighted by Gasteiger charge is 2.19. The van der Waals surface area contributed by atoms with E-state index in [9.17, 15) is 9.18 Å². The molecule has 2 aromatic carbocycles. The summed E-state index contributed by atoms with van der Waals surface area (Å²) in [6.07, 6.45) is 0.715. The van der Waals surface area contributed by atoms with Gasteiger partial charge in [0.05, 0.1) is 12.7 Å². The molecular weight excluding hydrogens is 297 g/mol. The van der Waals surface area contributed by atoms with Crippen LogP contribution in [0, 0.1) is 5.82 Å². The van der Waals surface area contributed by atoms with Crippen molar-refractivity contribution in [2.24, 2.45) is 0 Å². The molecule has 3 rings (SSSR count). The molecule has 0 aliphatic carbocycles. The number of carbonyl (C=O) groups is 1. The Bertz CT molecular complexity index is 689. The summed E-state index contributed by atoms with van der Waals surface area (Å²) in [5, 5.41) is 2.76. The first-order valence-corrected chi connectivity index (χ1v) is 7.55. The second-order valence-electron chi connectivity index (χ2n) is 5.43. The summed E-state index contributed by atoms with van der Waals surface area (Å²) < 4.78 is 24.3. The fourth-order valence-electron chi connectivity index (χ4n) is 2.52. The normalized spacial score (nSPS) is 16.5. The second kappa shape index (κ2) is 7.24. The molecule has 1 heterocycles. The Morgan fingerprint density at radius 1 is 1.17 bits per heavy atom. The lowest BCUT2D eigenvalue weighted by Crippen LogP contribution is -2.38. The van der Waals surface area contributed by atoms with Gasteiger partial charge >= 0.3 is 0 Å². The number of amides is 1. The van der Waals surface area contributed by atoms with E-state index in [0.29, 0.717) is 13.2 Å². The fourth-order valence-corrected chi connectivity index (χ4v) is 2.52. The lowest BCUT2D eigenvalue weighted by molar-refractivity contribution is -0.123. The van der Waals surface area contributed by atoms with Crippen molar-refractivity contribution >= 4 is 5.91 Å². The van der Waals surface area contributed by atoms with Crippen LogP contribution >= 0.6 is 0 Å². The van der Waals surface area contributed by atoms with Gasteiger partial charge in [-0.25, -0.2) is 4.39 Å². The van der Waals surface area contributed by atoms with Crippen LogP contribution in [0.25, 0.3) is 0 Å². The van der Waals surface area contributed by atoms with Crippen LogP contribution in [-0.4, -0.2) is 25.2 Å². The van der Waals surface area contributed by atoms with Crippen molar-refractivity contribution in [3.8, 4) is 5.75 Å². The Morgan fingerprint density at radius 2 is 1.91 bits per heavy atom. The number of hydrogen-bond donors (Lipinski definition) is 1. The minimum absolute atomic E-state index is 0.0534. The average Bonchev–Trinajstić information content (AvgIpc) is 2.59. The lowest BCUT2D eigenvalue weighted by atomic mass is 9.99. The topological polar surface area (TPSA) is 47.6 Å². The first-order chi connectivity index (χ1) is 11.2. The van der Waals surface area contributed by atoms with Gasteiger partial charge in [-0.3, -0.25) is 4.79 Å². The van der Waals surface area contributed by atoms with E-state index in [2.05, 4.69) is 11.4 Å². The number of benzene rings is 2. The van der Waals surface area contributed by atoms with Crippen LogP contribution in [0.3, 0.4) is 0 Å². The van der Waals surface area contributed by atoms with Crippen LogP contribution in [-0.2, 0) is 22.6 Å². The van der Waals surface area contributed by atoms with Gasteiger partial charge in [0.2, 0.25) is 0 Å².